The molecule has 0 aliphatic carbocycles. The molecule has 0 N–H and O–H groups in total. The van der Waals surface area contributed by atoms with Gasteiger partial charge in [-0.3, -0.25) is 4.90 Å². The van der Waals surface area contributed by atoms with Gasteiger partial charge in [0, 0.05) is 20.0 Å². The number of hydrogen-bond donors (Lipinski definition) is 0. The summed E-state index contributed by atoms with van der Waals surface area (Å²) in [5.41, 5.74) is 0.402. The lowest BCUT2D eigenvalue weighted by atomic mass is 9.65. The van der Waals surface area contributed by atoms with E-state index in [1.54, 1.807) is 0 Å². The first-order valence-corrected chi connectivity index (χ1v) is 6.61. The van der Waals surface area contributed by atoms with E-state index in [0.717, 1.165) is 13.1 Å². The molecule has 1 fully saturated rings. The van der Waals surface area contributed by atoms with Crippen LogP contribution in [0.2, 0.25) is 0 Å². The van der Waals surface area contributed by atoms with Crippen molar-refractivity contribution in [3.05, 3.63) is 0 Å². The van der Waals surface area contributed by atoms with Gasteiger partial charge in [0.05, 0.1) is 0 Å². The monoisotopic (exact) mass is 226 g/mol. The van der Waals surface area contributed by atoms with Crippen molar-refractivity contribution in [1.29, 1.82) is 0 Å². The van der Waals surface area contributed by atoms with Crippen LogP contribution in [0.1, 0.15) is 56.8 Å². The third kappa shape index (κ3) is 3.00. The first kappa shape index (κ1) is 12.4. The Morgan fingerprint density at radius 2 is 1.50 bits per heavy atom. The molecule has 0 aromatic heterocycles. The van der Waals surface area contributed by atoms with E-state index in [0.29, 0.717) is 11.8 Å². The summed E-state index contributed by atoms with van der Waals surface area (Å²) in [6, 6.07) is 0. The van der Waals surface area contributed by atoms with Gasteiger partial charge in [0.15, 0.2) is 0 Å². The molecule has 0 saturated carbocycles. The average molecular weight is 226 g/mol. The van der Waals surface area contributed by atoms with E-state index >= 15 is 0 Å². The molecule has 0 aromatic rings. The van der Waals surface area contributed by atoms with Crippen LogP contribution < -0.4 is 0 Å². The molecule has 96 valence electrons. The highest BCUT2D eigenvalue weighted by molar-refractivity contribution is 4.92. The van der Waals surface area contributed by atoms with Gasteiger partial charge >= 0.3 is 0 Å². The molecule has 1 heterocycles. The summed E-state index contributed by atoms with van der Waals surface area (Å²) >= 11 is 0. The fraction of sp³-hybridized carbons (Fsp3) is 1.00. The first-order valence-electron chi connectivity index (χ1n) is 7.11. The predicted molar refractivity (Wildman–Crippen MR) is 72.6 cm³/mol. The lowest BCUT2D eigenvalue weighted by Gasteiger charge is -2.51. The Morgan fingerprint density at radius 3 is 1.81 bits per heavy atom. The van der Waals surface area contributed by atoms with Gasteiger partial charge in [0.2, 0.25) is 0 Å². The van der Waals surface area contributed by atoms with E-state index in [9.17, 15) is 0 Å². The molecular formula is C15H31N. The number of rotatable bonds is 0. The van der Waals surface area contributed by atoms with Gasteiger partial charge < -0.3 is 0 Å². The molecule has 0 spiro atoms. The van der Waals surface area contributed by atoms with Gasteiger partial charge in [-0.1, -0.05) is 34.6 Å². The molecule has 16 heavy (non-hydrogen) atoms. The molecule has 0 bridgehead atoms. The second-order valence-corrected chi connectivity index (χ2v) is 7.72. The largest absolute Gasteiger partial charge is 0.298 e. The Balaban J connectivity index is 2.97. The topological polar surface area (TPSA) is 3.24 Å². The molecule has 0 amide bonds. The van der Waals surface area contributed by atoms with Crippen LogP contribution in [0.4, 0.5) is 0 Å². The summed E-state index contributed by atoms with van der Waals surface area (Å²) in [5, 5.41) is 0. The summed E-state index contributed by atoms with van der Waals surface area (Å²) in [5.74, 6) is 0.711. The maximum atomic E-state index is 8.74. The summed E-state index contributed by atoms with van der Waals surface area (Å²) in [6.45, 7) is 20.1. The molecule has 0 aromatic carbocycles. The first-order chi connectivity index (χ1) is 7.36. The highest BCUT2D eigenvalue weighted by Crippen LogP contribution is 2.42. The molecule has 3 atom stereocenters. The van der Waals surface area contributed by atoms with E-state index < -0.39 is 0 Å². The fourth-order valence-electron chi connectivity index (χ4n) is 3.51. The van der Waals surface area contributed by atoms with Gasteiger partial charge in [-0.25, -0.2) is 0 Å². The van der Waals surface area contributed by atoms with Gasteiger partial charge in [-0.15, -0.1) is 0 Å². The van der Waals surface area contributed by atoms with Crippen molar-refractivity contribution < 1.29 is 1.37 Å². The van der Waals surface area contributed by atoms with Crippen LogP contribution in [0.25, 0.3) is 0 Å². The maximum Gasteiger partial charge on any atom is 0.0316 e. The van der Waals surface area contributed by atoms with Crippen LogP contribution in [0.15, 0.2) is 0 Å². The van der Waals surface area contributed by atoms with Crippen LogP contribution in [-0.4, -0.2) is 23.5 Å². The van der Waals surface area contributed by atoms with Crippen LogP contribution >= 0.6 is 0 Å². The quantitative estimate of drug-likeness (QED) is 0.602. The molecule has 1 aliphatic rings. The van der Waals surface area contributed by atoms with Gasteiger partial charge in [0.25, 0.3) is 0 Å². The minimum Gasteiger partial charge on any atom is -0.298 e. The number of hydrogen-bond acceptors (Lipinski definition) is 1. The lowest BCUT2D eigenvalue weighted by Crippen LogP contribution is -2.54. The summed E-state index contributed by atoms with van der Waals surface area (Å²) in [6.07, 6.45) is 0. The third-order valence-corrected chi connectivity index (χ3v) is 3.93. The van der Waals surface area contributed by atoms with E-state index in [-0.39, 0.29) is 16.8 Å². The Hall–Kier alpha value is -0.0400. The van der Waals surface area contributed by atoms with Crippen LogP contribution in [0.5, 0.6) is 0 Å². The lowest BCUT2D eigenvalue weighted by molar-refractivity contribution is -0.0247. The predicted octanol–water partition coefficient (Wildman–Crippen LogP) is 4.04. The smallest absolute Gasteiger partial charge is 0.0316 e. The highest BCUT2D eigenvalue weighted by atomic mass is 15.2. The van der Waals surface area contributed by atoms with Crippen molar-refractivity contribution in [3.63, 3.8) is 0 Å². The normalized spacial score (nSPS) is 39.6. The Kier molecular flexibility index (Phi) is 3.36. The molecular weight excluding hydrogens is 194 g/mol. The minimum atomic E-state index is -0.344. The summed E-state index contributed by atoms with van der Waals surface area (Å²) in [4.78, 5) is 2.48. The van der Waals surface area contributed by atoms with Crippen LogP contribution in [0.3, 0.4) is 0 Å². The van der Waals surface area contributed by atoms with Crippen molar-refractivity contribution in [1.82, 2.24) is 4.90 Å². The third-order valence-electron chi connectivity index (χ3n) is 3.93. The van der Waals surface area contributed by atoms with E-state index in [1.165, 1.54) is 0 Å². The number of likely N-dealkylation sites (tertiary alicyclic amines) is 1. The molecule has 1 rings (SSSR count). The van der Waals surface area contributed by atoms with E-state index in [1.807, 2.05) is 0 Å². The standard InChI is InChI=1S/C15H31N/c1-11-9-16(15(6,7)8)10-12(2)13(11)14(3,4)5/h11-13H,9-10H2,1-8H3/t11-,12-/m0/s1/i11D/t11-,12-,13?. The molecule has 1 saturated heterocycles. The van der Waals surface area contributed by atoms with Crippen LogP contribution in [-0.2, 0) is 0 Å². The van der Waals surface area contributed by atoms with Crippen molar-refractivity contribution in [2.24, 2.45) is 23.1 Å². The molecule has 1 nitrogen and oxygen atoms in total. The van der Waals surface area contributed by atoms with Crippen molar-refractivity contribution in [2.45, 2.75) is 60.9 Å². The molecule has 0 radical (unpaired) electrons. The fourth-order valence-corrected chi connectivity index (χ4v) is 3.51. The van der Waals surface area contributed by atoms with Crippen molar-refractivity contribution in [2.75, 3.05) is 13.1 Å². The Labute approximate surface area is 104 Å². The SMILES string of the molecule is [2H][C@]1(C)CN(C(C)(C)C)C[C@H](C)C1C(C)(C)C. The molecule has 1 unspecified atom stereocenters. The Morgan fingerprint density at radius 1 is 1.00 bits per heavy atom. The van der Waals surface area contributed by atoms with E-state index in [2.05, 4.69) is 60.3 Å². The van der Waals surface area contributed by atoms with Gasteiger partial charge in [0.1, 0.15) is 0 Å². The summed E-state index contributed by atoms with van der Waals surface area (Å²) in [7, 11) is 0. The van der Waals surface area contributed by atoms with Crippen LogP contribution in [0, 0.1) is 23.1 Å². The van der Waals surface area contributed by atoms with Gasteiger partial charge in [-0.2, -0.15) is 0 Å². The zero-order valence-electron chi connectivity index (χ0n) is 13.5. The van der Waals surface area contributed by atoms with E-state index in [4.69, 9.17) is 1.37 Å². The minimum absolute atomic E-state index is 0.180. The maximum absolute atomic E-state index is 8.74. The van der Waals surface area contributed by atoms with Crippen molar-refractivity contribution in [3.8, 4) is 0 Å². The second kappa shape index (κ2) is 4.33. The second-order valence-electron chi connectivity index (χ2n) is 7.72. The number of nitrogens with zero attached hydrogens (tertiary/aromatic N) is 1. The zero-order valence-corrected chi connectivity index (χ0v) is 12.5. The van der Waals surface area contributed by atoms with Gasteiger partial charge in [-0.05, 0) is 43.9 Å². The molecule has 1 aliphatic heterocycles. The molecule has 1 heteroatoms. The van der Waals surface area contributed by atoms with Crippen molar-refractivity contribution >= 4 is 0 Å². The average Bonchev–Trinajstić information content (AvgIpc) is 1.94. The Bertz CT molecular complexity index is 270. The zero-order chi connectivity index (χ0) is 13.6. The number of piperidine rings is 1. The summed E-state index contributed by atoms with van der Waals surface area (Å²) < 4.78 is 8.74. The highest BCUT2D eigenvalue weighted by Gasteiger charge is 2.41.